The first-order chi connectivity index (χ1) is 14.8. The topological polar surface area (TPSA) is 98.5 Å². The second-order valence-electron chi connectivity index (χ2n) is 8.43. The Hall–Kier alpha value is -3.13. The summed E-state index contributed by atoms with van der Waals surface area (Å²) in [6.45, 7) is 2.24. The molecule has 8 heteroatoms. The second-order valence-corrected chi connectivity index (χ2v) is 10.1. The number of fused-ring (bicyclic) bond motifs is 5. The molecule has 0 aromatic heterocycles. The summed E-state index contributed by atoms with van der Waals surface area (Å²) in [4.78, 5) is 10.3. The van der Waals surface area contributed by atoms with Crippen molar-refractivity contribution in [2.45, 2.75) is 43.1 Å². The van der Waals surface area contributed by atoms with Gasteiger partial charge in [0, 0.05) is 34.4 Å². The lowest BCUT2D eigenvalue weighted by atomic mass is 9.77. The molecule has 0 spiro atoms. The number of hydrogen-bond acceptors (Lipinski definition) is 5. The van der Waals surface area contributed by atoms with Gasteiger partial charge < -0.3 is 4.74 Å². The number of benzene rings is 3. The number of ether oxygens (including phenoxy) is 1. The Morgan fingerprint density at radius 2 is 1.84 bits per heavy atom. The zero-order chi connectivity index (χ0) is 21.8. The van der Waals surface area contributed by atoms with Crippen LogP contribution in [0.3, 0.4) is 0 Å². The molecule has 31 heavy (non-hydrogen) atoms. The molecule has 7 nitrogen and oxygen atoms in total. The monoisotopic (exact) mass is 438 g/mol. The van der Waals surface area contributed by atoms with Gasteiger partial charge >= 0.3 is 0 Å². The van der Waals surface area contributed by atoms with Gasteiger partial charge in [-0.25, -0.2) is 8.42 Å². The van der Waals surface area contributed by atoms with Crippen molar-refractivity contribution in [3.63, 3.8) is 0 Å². The molecule has 0 saturated heterocycles. The van der Waals surface area contributed by atoms with Crippen LogP contribution in [0.15, 0.2) is 59.5 Å². The molecule has 0 unspecified atom stereocenters. The highest BCUT2D eigenvalue weighted by Gasteiger charge is 2.39. The Kier molecular flexibility index (Phi) is 4.62. The molecule has 1 heterocycles. The summed E-state index contributed by atoms with van der Waals surface area (Å²) in [5.74, 6) is 1.68. The first-order valence-electron chi connectivity index (χ1n) is 10.3. The molecule has 0 radical (unpaired) electrons. The van der Waals surface area contributed by atoms with Crippen LogP contribution < -0.4 is 9.46 Å². The zero-order valence-corrected chi connectivity index (χ0v) is 17.8. The second kappa shape index (κ2) is 7.23. The minimum absolute atomic E-state index is 0.123. The van der Waals surface area contributed by atoms with Crippen molar-refractivity contribution in [2.24, 2.45) is 5.92 Å². The molecule has 1 N–H and O–H groups in total. The quantitative estimate of drug-likeness (QED) is 0.445. The number of nitrogens with zero attached hydrogens (tertiary/aromatic N) is 1. The number of anilines is 1. The number of non-ortho nitro benzene ring substituents is 1. The highest BCUT2D eigenvalue weighted by atomic mass is 32.2. The molecule has 1 aliphatic carbocycles. The van der Waals surface area contributed by atoms with E-state index in [0.717, 1.165) is 47.4 Å². The van der Waals surface area contributed by atoms with Crippen LogP contribution in [-0.2, 0) is 10.0 Å². The van der Waals surface area contributed by atoms with E-state index in [-0.39, 0.29) is 22.6 Å². The Balaban J connectivity index is 1.61. The van der Waals surface area contributed by atoms with Crippen molar-refractivity contribution in [3.8, 4) is 5.75 Å². The lowest BCUT2D eigenvalue weighted by molar-refractivity contribution is -0.385. The number of sulfonamides is 1. The van der Waals surface area contributed by atoms with Gasteiger partial charge in [0.05, 0.1) is 15.5 Å². The van der Waals surface area contributed by atoms with Crippen molar-refractivity contribution in [3.05, 3.63) is 70.3 Å². The first-order valence-corrected chi connectivity index (χ1v) is 11.8. The summed E-state index contributed by atoms with van der Waals surface area (Å²) in [5, 5.41) is 12.7. The molecule has 160 valence electrons. The molecular formula is C23H22N2O5S. The fourth-order valence-electron chi connectivity index (χ4n) is 4.80. The van der Waals surface area contributed by atoms with Crippen LogP contribution in [0.2, 0.25) is 0 Å². The largest absolute Gasteiger partial charge is 0.489 e. The van der Waals surface area contributed by atoms with Gasteiger partial charge in [-0.3, -0.25) is 14.8 Å². The van der Waals surface area contributed by atoms with Gasteiger partial charge in [-0.05, 0) is 37.3 Å². The third-order valence-corrected chi connectivity index (χ3v) is 7.69. The molecule has 3 atom stereocenters. The summed E-state index contributed by atoms with van der Waals surface area (Å²) in [5.41, 5.74) is 1.23. The van der Waals surface area contributed by atoms with Crippen molar-refractivity contribution in [2.75, 3.05) is 4.72 Å². The maximum absolute atomic E-state index is 13.1. The summed E-state index contributed by atoms with van der Waals surface area (Å²) < 4.78 is 35.2. The van der Waals surface area contributed by atoms with Gasteiger partial charge in [-0.15, -0.1) is 0 Å². The third-order valence-electron chi connectivity index (χ3n) is 6.32. The predicted molar refractivity (Wildman–Crippen MR) is 118 cm³/mol. The molecular weight excluding hydrogens is 416 g/mol. The zero-order valence-electron chi connectivity index (χ0n) is 16.9. The molecule has 1 fully saturated rings. The van der Waals surface area contributed by atoms with Gasteiger partial charge in [0.15, 0.2) is 0 Å². The third kappa shape index (κ3) is 3.40. The average molecular weight is 439 g/mol. The summed E-state index contributed by atoms with van der Waals surface area (Å²) >= 11 is 0. The van der Waals surface area contributed by atoms with Crippen molar-refractivity contribution in [1.29, 1.82) is 0 Å². The molecule has 1 saturated carbocycles. The van der Waals surface area contributed by atoms with E-state index in [4.69, 9.17) is 4.74 Å². The van der Waals surface area contributed by atoms with Gasteiger partial charge in [-0.1, -0.05) is 37.3 Å². The maximum atomic E-state index is 13.1. The Morgan fingerprint density at radius 3 is 2.61 bits per heavy atom. The molecule has 3 aromatic rings. The highest BCUT2D eigenvalue weighted by molar-refractivity contribution is 7.92. The van der Waals surface area contributed by atoms with Crippen molar-refractivity contribution >= 4 is 32.2 Å². The number of nitrogens with one attached hydrogen (secondary N) is 1. The number of nitro benzene ring substituents is 1. The Bertz CT molecular complexity index is 1300. The lowest BCUT2D eigenvalue weighted by Gasteiger charge is -2.28. The average Bonchev–Trinajstić information content (AvgIpc) is 3.12. The molecule has 5 rings (SSSR count). The van der Waals surface area contributed by atoms with Crippen molar-refractivity contribution in [1.82, 2.24) is 0 Å². The van der Waals surface area contributed by atoms with Crippen LogP contribution in [0.5, 0.6) is 5.75 Å². The van der Waals surface area contributed by atoms with E-state index in [2.05, 4.69) is 11.6 Å². The Labute approximate surface area is 180 Å². The first kappa shape index (κ1) is 19.8. The molecule has 0 bridgehead atoms. The van der Waals surface area contributed by atoms with E-state index in [9.17, 15) is 18.5 Å². The fraction of sp³-hybridized carbons (Fsp3) is 0.304. The number of rotatable bonds is 4. The Morgan fingerprint density at radius 1 is 1.06 bits per heavy atom. The van der Waals surface area contributed by atoms with Gasteiger partial charge in [0.2, 0.25) is 0 Å². The smallest absolute Gasteiger partial charge is 0.270 e. The highest BCUT2D eigenvalue weighted by Crippen LogP contribution is 2.51. The van der Waals surface area contributed by atoms with Crippen LogP contribution in [0.1, 0.15) is 37.7 Å². The van der Waals surface area contributed by atoms with E-state index in [1.807, 2.05) is 30.3 Å². The van der Waals surface area contributed by atoms with E-state index < -0.39 is 14.9 Å². The van der Waals surface area contributed by atoms with E-state index >= 15 is 0 Å². The molecule has 2 aliphatic rings. The standard InChI is InChI=1S/C23H22N2O5S/c1-14-9-10-22-19(11-14)20-13-21(17-7-2-3-8-18(17)23(20)30-22)24-31(28,29)16-6-4-5-15(12-16)25(26)27/h2-8,12-14,19,22,24H,9-11H2,1H3/t14-,19+,22+/m1/s1. The van der Waals surface area contributed by atoms with E-state index in [0.29, 0.717) is 11.6 Å². The minimum Gasteiger partial charge on any atom is -0.489 e. The van der Waals surface area contributed by atoms with Crippen LogP contribution in [0, 0.1) is 16.0 Å². The summed E-state index contributed by atoms with van der Waals surface area (Å²) in [6.07, 6.45) is 3.24. The van der Waals surface area contributed by atoms with Gasteiger partial charge in [0.25, 0.3) is 15.7 Å². The normalized spacial score (nSPS) is 22.4. The van der Waals surface area contributed by atoms with Crippen LogP contribution >= 0.6 is 0 Å². The lowest BCUT2D eigenvalue weighted by Crippen LogP contribution is -2.26. The molecule has 0 amide bonds. The summed E-state index contributed by atoms with van der Waals surface area (Å²) in [6, 6.07) is 14.5. The van der Waals surface area contributed by atoms with Crippen LogP contribution in [0.4, 0.5) is 11.4 Å². The fourth-order valence-corrected chi connectivity index (χ4v) is 5.91. The van der Waals surface area contributed by atoms with E-state index in [1.54, 1.807) is 0 Å². The minimum atomic E-state index is -4.01. The number of hydrogen-bond donors (Lipinski definition) is 1. The van der Waals surface area contributed by atoms with Crippen LogP contribution in [-0.4, -0.2) is 19.4 Å². The summed E-state index contributed by atoms with van der Waals surface area (Å²) in [7, 11) is -4.01. The maximum Gasteiger partial charge on any atom is 0.270 e. The number of nitro groups is 1. The molecule has 3 aromatic carbocycles. The van der Waals surface area contributed by atoms with Crippen molar-refractivity contribution < 1.29 is 18.1 Å². The van der Waals surface area contributed by atoms with Gasteiger partial charge in [0.1, 0.15) is 11.9 Å². The predicted octanol–water partition coefficient (Wildman–Crippen LogP) is 5.21. The molecule has 1 aliphatic heterocycles. The van der Waals surface area contributed by atoms with Crippen LogP contribution in [0.25, 0.3) is 10.8 Å². The van der Waals surface area contributed by atoms with E-state index in [1.165, 1.54) is 18.2 Å². The SMILES string of the molecule is C[C@@H]1CC[C@@H]2Oc3c(cc(NS(=O)(=O)c4cccc([N+](=O)[O-])c4)c4ccccc34)[C@@H]2C1. The van der Waals surface area contributed by atoms with Gasteiger partial charge in [-0.2, -0.15) is 0 Å².